The minimum absolute atomic E-state index is 0.0997. The Kier molecular flexibility index (Phi) is 8.12. The van der Waals surface area contributed by atoms with Crippen molar-refractivity contribution in [3.8, 4) is 0 Å². The molecule has 1 atom stereocenters. The lowest BCUT2D eigenvalue weighted by Crippen LogP contribution is -2.55. The van der Waals surface area contributed by atoms with Gasteiger partial charge in [-0.3, -0.25) is 20.4 Å². The van der Waals surface area contributed by atoms with Crippen molar-refractivity contribution in [1.29, 1.82) is 0 Å². The minimum Gasteiger partial charge on any atom is -0.376 e. The Labute approximate surface area is 181 Å². The zero-order valence-corrected chi connectivity index (χ0v) is 18.6. The highest BCUT2D eigenvalue weighted by Crippen LogP contribution is 2.16. The van der Waals surface area contributed by atoms with Crippen molar-refractivity contribution in [2.45, 2.75) is 38.6 Å². The molecule has 0 aliphatic carbocycles. The van der Waals surface area contributed by atoms with E-state index in [-0.39, 0.29) is 6.54 Å². The first-order valence-corrected chi connectivity index (χ1v) is 11.2. The van der Waals surface area contributed by atoms with Crippen LogP contribution in [0, 0.1) is 25.6 Å². The van der Waals surface area contributed by atoms with E-state index in [0.29, 0.717) is 0 Å². The minimum atomic E-state index is -4.28. The number of carbonyl (C=O) groups is 2. The van der Waals surface area contributed by atoms with E-state index in [9.17, 15) is 22.4 Å². The van der Waals surface area contributed by atoms with Crippen LogP contribution in [0.25, 0.3) is 0 Å². The van der Waals surface area contributed by atoms with E-state index < -0.39 is 44.5 Å². The third kappa shape index (κ3) is 6.76. The van der Waals surface area contributed by atoms with Gasteiger partial charge in [0.2, 0.25) is 10.0 Å². The third-order valence-corrected chi connectivity index (χ3v) is 5.98. The number of hydrazine groups is 1. The van der Waals surface area contributed by atoms with Crippen molar-refractivity contribution < 1.29 is 22.4 Å². The van der Waals surface area contributed by atoms with Crippen LogP contribution >= 0.6 is 0 Å². The molecule has 0 aliphatic heterocycles. The summed E-state index contributed by atoms with van der Waals surface area (Å²) < 4.78 is 41.1. The Morgan fingerprint density at radius 3 is 2.32 bits per heavy atom. The molecule has 2 aromatic carbocycles. The summed E-state index contributed by atoms with van der Waals surface area (Å²) >= 11 is 0. The molecule has 0 saturated carbocycles. The van der Waals surface area contributed by atoms with Crippen LogP contribution in [0.4, 0.5) is 10.1 Å². The second-order valence-corrected chi connectivity index (χ2v) is 9.17. The first kappa shape index (κ1) is 24.3. The molecular formula is C21H27FN4O4S. The molecule has 4 N–H and O–H groups in total. The van der Waals surface area contributed by atoms with Gasteiger partial charge in [0.25, 0.3) is 11.8 Å². The fourth-order valence-electron chi connectivity index (χ4n) is 2.83. The number of carbonyl (C=O) groups excluding carboxylic acids is 2. The highest BCUT2D eigenvalue weighted by molar-refractivity contribution is 7.89. The fourth-order valence-corrected chi connectivity index (χ4v) is 4.25. The van der Waals surface area contributed by atoms with Gasteiger partial charge < -0.3 is 5.32 Å². The third-order valence-electron chi connectivity index (χ3n) is 4.50. The largest absolute Gasteiger partial charge is 0.376 e. The van der Waals surface area contributed by atoms with Gasteiger partial charge in [0.1, 0.15) is 16.8 Å². The molecule has 2 aromatic rings. The molecule has 0 saturated heterocycles. The SMILES string of the molecule is Cc1ccc(NCC(=O)NNC(=O)[C@@H](NS(=O)(=O)c2ccccc2F)C(C)C)c(C)c1. The number of aryl methyl sites for hydroxylation is 2. The van der Waals surface area contributed by atoms with Crippen molar-refractivity contribution in [1.82, 2.24) is 15.6 Å². The summed E-state index contributed by atoms with van der Waals surface area (Å²) in [7, 11) is -4.28. The summed E-state index contributed by atoms with van der Waals surface area (Å²) in [6, 6.07) is 9.37. The zero-order valence-electron chi connectivity index (χ0n) is 17.8. The average molecular weight is 451 g/mol. The number of hydrogen-bond donors (Lipinski definition) is 4. The average Bonchev–Trinajstić information content (AvgIpc) is 2.69. The summed E-state index contributed by atoms with van der Waals surface area (Å²) in [5.41, 5.74) is 7.31. The van der Waals surface area contributed by atoms with E-state index in [2.05, 4.69) is 20.9 Å². The van der Waals surface area contributed by atoms with E-state index >= 15 is 0 Å². The number of nitrogens with one attached hydrogen (secondary N) is 4. The van der Waals surface area contributed by atoms with Gasteiger partial charge in [0, 0.05) is 5.69 Å². The van der Waals surface area contributed by atoms with Crippen molar-refractivity contribution in [2.24, 2.45) is 5.92 Å². The number of halogens is 1. The van der Waals surface area contributed by atoms with E-state index in [1.165, 1.54) is 12.1 Å². The Hall–Kier alpha value is -2.98. The molecule has 0 spiro atoms. The number of anilines is 1. The zero-order chi connectivity index (χ0) is 23.2. The van der Waals surface area contributed by atoms with E-state index in [0.717, 1.165) is 28.9 Å². The molecule has 0 aromatic heterocycles. The second-order valence-electron chi connectivity index (χ2n) is 7.48. The molecule has 2 amide bonds. The van der Waals surface area contributed by atoms with Crippen molar-refractivity contribution in [3.05, 3.63) is 59.4 Å². The smallest absolute Gasteiger partial charge is 0.257 e. The molecule has 0 bridgehead atoms. The molecule has 31 heavy (non-hydrogen) atoms. The lowest BCUT2D eigenvalue weighted by atomic mass is 10.1. The Bertz CT molecular complexity index is 1060. The van der Waals surface area contributed by atoms with Gasteiger partial charge in [-0.05, 0) is 43.5 Å². The highest BCUT2D eigenvalue weighted by Gasteiger charge is 2.30. The van der Waals surface area contributed by atoms with Crippen LogP contribution in [0.3, 0.4) is 0 Å². The van der Waals surface area contributed by atoms with Gasteiger partial charge in [-0.15, -0.1) is 0 Å². The molecule has 2 rings (SSSR count). The highest BCUT2D eigenvalue weighted by atomic mass is 32.2. The lowest BCUT2D eigenvalue weighted by molar-refractivity contribution is -0.129. The molecular weight excluding hydrogens is 423 g/mol. The lowest BCUT2D eigenvalue weighted by Gasteiger charge is -2.22. The maximum absolute atomic E-state index is 13.9. The molecule has 8 nitrogen and oxygen atoms in total. The van der Waals surface area contributed by atoms with Gasteiger partial charge in [-0.1, -0.05) is 43.7 Å². The molecule has 0 radical (unpaired) electrons. The topological polar surface area (TPSA) is 116 Å². The normalized spacial score (nSPS) is 12.3. The number of rotatable bonds is 8. The van der Waals surface area contributed by atoms with Gasteiger partial charge in [-0.25, -0.2) is 12.8 Å². The number of hydrogen-bond acceptors (Lipinski definition) is 5. The van der Waals surface area contributed by atoms with Gasteiger partial charge >= 0.3 is 0 Å². The van der Waals surface area contributed by atoms with Crippen LogP contribution in [-0.2, 0) is 19.6 Å². The van der Waals surface area contributed by atoms with Crippen molar-refractivity contribution in [2.75, 3.05) is 11.9 Å². The van der Waals surface area contributed by atoms with Crippen LogP contribution in [0.15, 0.2) is 47.4 Å². The molecule has 168 valence electrons. The maximum Gasteiger partial charge on any atom is 0.257 e. The molecule has 10 heteroatoms. The van der Waals surface area contributed by atoms with Crippen LogP contribution in [0.5, 0.6) is 0 Å². The predicted octanol–water partition coefficient (Wildman–Crippen LogP) is 2.00. The van der Waals surface area contributed by atoms with E-state index in [1.807, 2.05) is 32.0 Å². The van der Waals surface area contributed by atoms with E-state index in [1.54, 1.807) is 13.8 Å². The first-order chi connectivity index (χ1) is 14.5. The summed E-state index contributed by atoms with van der Waals surface area (Å²) in [5.74, 6) is -2.68. The molecule has 0 unspecified atom stereocenters. The number of sulfonamides is 1. The monoisotopic (exact) mass is 450 g/mol. The van der Waals surface area contributed by atoms with Crippen molar-refractivity contribution >= 4 is 27.5 Å². The van der Waals surface area contributed by atoms with Gasteiger partial charge in [-0.2, -0.15) is 4.72 Å². The van der Waals surface area contributed by atoms with Crippen LogP contribution in [0.1, 0.15) is 25.0 Å². The standard InChI is InChI=1S/C21H27FN4O4S/c1-13(2)20(26-31(29,30)18-8-6-5-7-16(18)22)21(28)25-24-19(27)12-23-17-10-9-14(3)11-15(17)4/h5-11,13,20,23,26H,12H2,1-4H3,(H,24,27)(H,25,28)/t20-/m0/s1. The Morgan fingerprint density at radius 2 is 1.71 bits per heavy atom. The fraction of sp³-hybridized carbons (Fsp3) is 0.333. The first-order valence-electron chi connectivity index (χ1n) is 9.68. The van der Waals surface area contributed by atoms with E-state index in [4.69, 9.17) is 0 Å². The van der Waals surface area contributed by atoms with Crippen molar-refractivity contribution in [3.63, 3.8) is 0 Å². The summed E-state index contributed by atoms with van der Waals surface area (Å²) in [6.45, 7) is 7.02. The predicted molar refractivity (Wildman–Crippen MR) is 116 cm³/mol. The number of benzene rings is 2. The Balaban J connectivity index is 1.96. The molecule has 0 heterocycles. The van der Waals surface area contributed by atoms with Crippen LogP contribution < -0.4 is 20.9 Å². The molecule has 0 aliphatic rings. The number of amides is 2. The van der Waals surface area contributed by atoms with Gasteiger partial charge in [0.05, 0.1) is 6.54 Å². The van der Waals surface area contributed by atoms with Crippen LogP contribution in [0.2, 0.25) is 0 Å². The quantitative estimate of drug-likeness (QED) is 0.459. The summed E-state index contributed by atoms with van der Waals surface area (Å²) in [5, 5.41) is 2.97. The Morgan fingerprint density at radius 1 is 1.03 bits per heavy atom. The van der Waals surface area contributed by atoms with Gasteiger partial charge in [0.15, 0.2) is 0 Å². The van der Waals surface area contributed by atoms with Crippen LogP contribution in [-0.4, -0.2) is 32.8 Å². The maximum atomic E-state index is 13.9. The molecule has 0 fully saturated rings. The summed E-state index contributed by atoms with van der Waals surface area (Å²) in [4.78, 5) is 24.0. The second kappa shape index (κ2) is 10.4. The summed E-state index contributed by atoms with van der Waals surface area (Å²) in [6.07, 6.45) is 0.